The molecule has 1 aromatic heterocycles. The van der Waals surface area contributed by atoms with Gasteiger partial charge in [-0.1, -0.05) is 22.9 Å². The highest BCUT2D eigenvalue weighted by molar-refractivity contribution is 7.12. The van der Waals surface area contributed by atoms with Crippen LogP contribution in [-0.2, 0) is 11.3 Å². The van der Waals surface area contributed by atoms with E-state index in [2.05, 4.69) is 0 Å². The van der Waals surface area contributed by atoms with Gasteiger partial charge in [0.2, 0.25) is 6.54 Å². The van der Waals surface area contributed by atoms with Gasteiger partial charge in [0.05, 0.1) is 10.9 Å². The fourth-order valence-corrected chi connectivity index (χ4v) is 2.36. The average molecular weight is 239 g/mol. The van der Waals surface area contributed by atoms with E-state index in [9.17, 15) is 4.79 Å². The molecule has 1 heterocycles. The number of aromatic nitrogens is 1. The molecule has 0 radical (unpaired) electrons. The number of hydrogen-bond donors (Lipinski definition) is 0. The van der Waals surface area contributed by atoms with E-state index >= 15 is 0 Å². The molecule has 0 N–H and O–H groups in total. The monoisotopic (exact) mass is 238 g/mol. The number of aldehydes is 1. The molecule has 0 saturated heterocycles. The van der Waals surface area contributed by atoms with Crippen LogP contribution in [0.1, 0.15) is 0 Å². The second kappa shape index (κ2) is 4.55. The van der Waals surface area contributed by atoms with Gasteiger partial charge in [-0.15, -0.1) is 0 Å². The van der Waals surface area contributed by atoms with Gasteiger partial charge in [-0.05, 0) is 24.3 Å². The first-order chi connectivity index (χ1) is 7.31. The first-order valence-electron chi connectivity index (χ1n) is 4.48. The van der Waals surface area contributed by atoms with Gasteiger partial charge in [-0.25, -0.2) is 0 Å². The first-order valence-corrected chi connectivity index (χ1v) is 5.73. The number of carbonyl (C=O) groups is 1. The molecular weight excluding hydrogens is 230 g/mol. The highest BCUT2D eigenvalue weighted by Crippen LogP contribution is 2.21. The van der Waals surface area contributed by atoms with Crippen molar-refractivity contribution in [2.75, 3.05) is 0 Å². The summed E-state index contributed by atoms with van der Waals surface area (Å²) in [7, 11) is 0. The Morgan fingerprint density at radius 3 is 2.73 bits per heavy atom. The van der Waals surface area contributed by atoms with Crippen molar-refractivity contribution in [3.63, 3.8) is 0 Å². The summed E-state index contributed by atoms with van der Waals surface area (Å²) in [5.74, 6) is 0. The summed E-state index contributed by atoms with van der Waals surface area (Å²) in [6.07, 6.45) is 2.80. The lowest BCUT2D eigenvalue weighted by Gasteiger charge is -1.95. The zero-order chi connectivity index (χ0) is 10.7. The summed E-state index contributed by atoms with van der Waals surface area (Å²) < 4.78 is 1.92. The highest BCUT2D eigenvalue weighted by atomic mass is 35.5. The lowest BCUT2D eigenvalue weighted by Crippen LogP contribution is -2.33. The second-order valence-corrected chi connectivity index (χ2v) is 4.37. The second-order valence-electron chi connectivity index (χ2n) is 3.03. The molecule has 0 spiro atoms. The minimum absolute atomic E-state index is 0.390. The summed E-state index contributed by atoms with van der Waals surface area (Å²) in [4.78, 5) is 10.5. The average Bonchev–Trinajstić information content (AvgIpc) is 2.68. The Labute approximate surface area is 96.8 Å². The Bertz CT molecular complexity index is 464. The molecule has 15 heavy (non-hydrogen) atoms. The largest absolute Gasteiger partial charge is 0.296 e. The van der Waals surface area contributed by atoms with E-state index < -0.39 is 0 Å². The molecule has 0 fully saturated rings. The molecule has 0 aliphatic carbocycles. The number of hydrogen-bond acceptors (Lipinski definition) is 2. The molecule has 2 rings (SSSR count). The summed E-state index contributed by atoms with van der Waals surface area (Å²) in [5, 5.41) is 3.75. The van der Waals surface area contributed by atoms with Crippen molar-refractivity contribution in [3.8, 4) is 10.6 Å². The maximum absolute atomic E-state index is 10.5. The van der Waals surface area contributed by atoms with Gasteiger partial charge in [0.15, 0.2) is 12.5 Å². The van der Waals surface area contributed by atoms with Gasteiger partial charge >= 0.3 is 0 Å². The summed E-state index contributed by atoms with van der Waals surface area (Å²) in [6.45, 7) is 0.390. The molecule has 2 nitrogen and oxygen atoms in total. The maximum atomic E-state index is 10.5. The molecule has 0 amide bonds. The predicted octanol–water partition coefficient (Wildman–Crippen LogP) is 2.55. The number of carbonyl (C=O) groups excluding carboxylic acids is 1. The third-order valence-corrected chi connectivity index (χ3v) is 3.25. The van der Waals surface area contributed by atoms with Gasteiger partial charge in [0.25, 0.3) is 5.01 Å². The molecule has 1 aromatic carbocycles. The SMILES string of the molecule is O=CC[n+]1ccsc1-c1ccc(Cl)cc1. The van der Waals surface area contributed by atoms with E-state index in [4.69, 9.17) is 11.6 Å². The predicted molar refractivity (Wildman–Crippen MR) is 61.0 cm³/mol. The Hall–Kier alpha value is -1.19. The molecule has 0 bridgehead atoms. The molecule has 2 aromatic rings. The fraction of sp³-hybridized carbons (Fsp3) is 0.0909. The third kappa shape index (κ3) is 2.25. The van der Waals surface area contributed by atoms with Crippen molar-refractivity contribution in [1.29, 1.82) is 0 Å². The van der Waals surface area contributed by atoms with Crippen LogP contribution in [-0.4, -0.2) is 6.29 Å². The minimum Gasteiger partial charge on any atom is -0.296 e. The Balaban J connectivity index is 2.40. The summed E-state index contributed by atoms with van der Waals surface area (Å²) in [6, 6.07) is 7.61. The van der Waals surface area contributed by atoms with E-state index in [0.29, 0.717) is 6.54 Å². The van der Waals surface area contributed by atoms with E-state index in [1.165, 1.54) is 0 Å². The quantitative estimate of drug-likeness (QED) is 0.595. The standard InChI is InChI=1S/C11H9ClNOS/c12-10-3-1-9(2-4-10)11-13(5-7-14)6-8-15-11/h1-4,6-8H,5H2/q+1. The lowest BCUT2D eigenvalue weighted by molar-refractivity contribution is -0.667. The summed E-state index contributed by atoms with van der Waals surface area (Å²) in [5.41, 5.74) is 1.08. The molecule has 0 unspecified atom stereocenters. The Kier molecular flexibility index (Phi) is 3.14. The molecule has 0 aliphatic heterocycles. The minimum atomic E-state index is 0.390. The van der Waals surface area contributed by atoms with Crippen molar-refractivity contribution < 1.29 is 9.36 Å². The number of thiazole rings is 1. The van der Waals surface area contributed by atoms with Crippen molar-refractivity contribution >= 4 is 29.2 Å². The Morgan fingerprint density at radius 1 is 1.33 bits per heavy atom. The van der Waals surface area contributed by atoms with Crippen molar-refractivity contribution in [2.45, 2.75) is 6.54 Å². The van der Waals surface area contributed by atoms with Crippen LogP contribution in [0.15, 0.2) is 35.8 Å². The zero-order valence-electron chi connectivity index (χ0n) is 7.89. The van der Waals surface area contributed by atoms with Gasteiger partial charge in [-0.2, -0.15) is 4.57 Å². The smallest absolute Gasteiger partial charge is 0.269 e. The van der Waals surface area contributed by atoms with Crippen LogP contribution in [0.4, 0.5) is 0 Å². The van der Waals surface area contributed by atoms with E-state index in [1.54, 1.807) is 11.3 Å². The maximum Gasteiger partial charge on any atom is 0.269 e. The van der Waals surface area contributed by atoms with Crippen molar-refractivity contribution in [1.82, 2.24) is 0 Å². The number of benzene rings is 1. The van der Waals surface area contributed by atoms with Crippen molar-refractivity contribution in [2.24, 2.45) is 0 Å². The van der Waals surface area contributed by atoms with Crippen LogP contribution >= 0.6 is 22.9 Å². The van der Waals surface area contributed by atoms with Crippen LogP contribution in [0.3, 0.4) is 0 Å². The van der Waals surface area contributed by atoms with Gasteiger partial charge in [-0.3, -0.25) is 4.79 Å². The fourth-order valence-electron chi connectivity index (χ4n) is 1.35. The first kappa shape index (κ1) is 10.3. The highest BCUT2D eigenvalue weighted by Gasteiger charge is 2.13. The summed E-state index contributed by atoms with van der Waals surface area (Å²) >= 11 is 7.42. The van der Waals surface area contributed by atoms with Crippen molar-refractivity contribution in [3.05, 3.63) is 40.9 Å². The molecule has 76 valence electrons. The van der Waals surface area contributed by atoms with Crippen LogP contribution in [0.25, 0.3) is 10.6 Å². The van der Waals surface area contributed by atoms with Gasteiger partial charge in [0.1, 0.15) is 0 Å². The van der Waals surface area contributed by atoms with E-state index in [1.807, 2.05) is 40.4 Å². The third-order valence-electron chi connectivity index (χ3n) is 2.04. The van der Waals surface area contributed by atoms with E-state index in [-0.39, 0.29) is 0 Å². The van der Waals surface area contributed by atoms with Gasteiger partial charge in [0, 0.05) is 5.02 Å². The van der Waals surface area contributed by atoms with E-state index in [0.717, 1.165) is 21.9 Å². The van der Waals surface area contributed by atoms with Crippen LogP contribution in [0, 0.1) is 0 Å². The lowest BCUT2D eigenvalue weighted by atomic mass is 10.2. The number of halogens is 1. The zero-order valence-corrected chi connectivity index (χ0v) is 9.46. The molecule has 0 saturated carbocycles. The topological polar surface area (TPSA) is 20.9 Å². The number of nitrogens with zero attached hydrogens (tertiary/aromatic N) is 1. The van der Waals surface area contributed by atoms with Crippen LogP contribution in [0.5, 0.6) is 0 Å². The van der Waals surface area contributed by atoms with Crippen LogP contribution < -0.4 is 4.57 Å². The molecule has 4 heteroatoms. The van der Waals surface area contributed by atoms with Crippen LogP contribution in [0.2, 0.25) is 5.02 Å². The molecular formula is C11H9ClNOS+. The normalized spacial score (nSPS) is 10.2. The Morgan fingerprint density at radius 2 is 2.07 bits per heavy atom. The number of rotatable bonds is 3. The molecule has 0 atom stereocenters. The van der Waals surface area contributed by atoms with Gasteiger partial charge < -0.3 is 0 Å². The molecule has 0 aliphatic rings.